The number of nitrogens with one attached hydrogen (secondary N) is 4. The first-order chi connectivity index (χ1) is 22.2. The number of hydrogen-bond donors (Lipinski definition) is 5. The minimum Gasteiger partial charge on any atom is -0.445 e. The van der Waals surface area contributed by atoms with Gasteiger partial charge in [0.1, 0.15) is 18.2 Å². The average molecular weight is 674 g/mol. The Morgan fingerprint density at radius 1 is 1.00 bits per heavy atom. The molecule has 4 rings (SSSR count). The number of hydrogen-bond acceptors (Lipinski definition) is 5. The maximum Gasteiger partial charge on any atom is 0.418 e. The number of rotatable bonds is 12. The van der Waals surface area contributed by atoms with Crippen LogP contribution in [0.25, 0.3) is 10.9 Å². The molecule has 0 saturated heterocycles. The quantitative estimate of drug-likeness (QED) is 0.157. The molecule has 47 heavy (non-hydrogen) atoms. The summed E-state index contributed by atoms with van der Waals surface area (Å²) in [6.45, 7) is 7.46. The number of amides is 3. The van der Waals surface area contributed by atoms with Gasteiger partial charge in [-0.2, -0.15) is 13.2 Å². The lowest BCUT2D eigenvalue weighted by molar-refractivity contribution is -0.136. The number of benzene rings is 2. The number of aryl methyl sites for hydroxylation is 1. The van der Waals surface area contributed by atoms with Gasteiger partial charge >= 0.3 is 12.3 Å². The minimum atomic E-state index is -4.60. The van der Waals surface area contributed by atoms with Gasteiger partial charge in [-0.15, -0.1) is 0 Å². The number of para-hydroxylation sites is 1. The van der Waals surface area contributed by atoms with Gasteiger partial charge in [-0.05, 0) is 41.9 Å². The number of halogens is 3. The van der Waals surface area contributed by atoms with Crippen LogP contribution in [-0.4, -0.2) is 45.5 Å². The van der Waals surface area contributed by atoms with Crippen LogP contribution in [0.4, 0.5) is 18.0 Å². The molecule has 13 heteroatoms. The van der Waals surface area contributed by atoms with Crippen molar-refractivity contribution in [3.8, 4) is 0 Å². The van der Waals surface area contributed by atoms with Gasteiger partial charge in [0.25, 0.3) is 0 Å². The maximum atomic E-state index is 14.3. The molecule has 5 atom stereocenters. The van der Waals surface area contributed by atoms with Crippen LogP contribution >= 0.6 is 12.2 Å². The Hall–Kier alpha value is -4.13. The van der Waals surface area contributed by atoms with Crippen LogP contribution in [0.3, 0.4) is 0 Å². The number of carbonyl (C=O) groups excluding carboxylic acids is 3. The number of aromatic amines is 1. The molecule has 0 spiro atoms. The summed E-state index contributed by atoms with van der Waals surface area (Å²) in [6.07, 6.45) is -4.09. The van der Waals surface area contributed by atoms with E-state index in [1.165, 1.54) is 6.07 Å². The van der Waals surface area contributed by atoms with Crippen molar-refractivity contribution < 1.29 is 32.3 Å². The number of alkyl carbamates (subject to hydrolysis) is 1. The number of thiocarbonyl (C=S) groups is 1. The summed E-state index contributed by atoms with van der Waals surface area (Å²) in [5, 5.41) is 8.83. The number of H-pyrrole nitrogens is 1. The molecule has 1 aliphatic rings. The highest BCUT2D eigenvalue weighted by Gasteiger charge is 2.47. The van der Waals surface area contributed by atoms with E-state index in [0.717, 1.165) is 11.6 Å². The molecule has 0 bridgehead atoms. The summed E-state index contributed by atoms with van der Waals surface area (Å²) < 4.78 is 47.1. The SMILES string of the molecule is CCC(C)C(NC(=O)OCc1ccccc1)C(=O)N[C@]1(C(=O)NC(C(N)=S)C(C)CC)CCc2[nH]c3c(C(F)(F)F)cccc3c2C1. The van der Waals surface area contributed by atoms with E-state index in [4.69, 9.17) is 22.7 Å². The van der Waals surface area contributed by atoms with Crippen molar-refractivity contribution in [1.29, 1.82) is 0 Å². The molecule has 2 aromatic carbocycles. The zero-order chi connectivity index (χ0) is 34.5. The van der Waals surface area contributed by atoms with Crippen molar-refractivity contribution in [2.75, 3.05) is 0 Å². The normalized spacial score (nSPS) is 18.7. The Morgan fingerprint density at radius 2 is 1.66 bits per heavy atom. The van der Waals surface area contributed by atoms with Crippen LogP contribution in [0.2, 0.25) is 0 Å². The third-order valence-electron chi connectivity index (χ3n) is 9.20. The second kappa shape index (κ2) is 14.7. The van der Waals surface area contributed by atoms with E-state index in [2.05, 4.69) is 20.9 Å². The Morgan fingerprint density at radius 3 is 2.28 bits per heavy atom. The van der Waals surface area contributed by atoms with Crippen LogP contribution < -0.4 is 21.7 Å². The number of aromatic nitrogens is 1. The second-order valence-corrected chi connectivity index (χ2v) is 12.8. The van der Waals surface area contributed by atoms with Crippen LogP contribution in [0, 0.1) is 11.8 Å². The van der Waals surface area contributed by atoms with Crippen LogP contribution in [0.15, 0.2) is 48.5 Å². The van der Waals surface area contributed by atoms with Crippen molar-refractivity contribution in [2.45, 2.75) is 90.2 Å². The Kier molecular flexibility index (Phi) is 11.2. The van der Waals surface area contributed by atoms with Gasteiger partial charge in [-0.3, -0.25) is 9.59 Å². The molecular weight excluding hydrogens is 631 g/mol. The number of nitrogens with two attached hydrogens (primary N) is 1. The van der Waals surface area contributed by atoms with Crippen molar-refractivity contribution in [3.05, 3.63) is 70.9 Å². The Labute approximate surface area is 277 Å². The van der Waals surface area contributed by atoms with Gasteiger partial charge in [-0.1, -0.05) is 95.2 Å². The summed E-state index contributed by atoms with van der Waals surface area (Å²) in [5.41, 5.74) is 5.35. The molecule has 6 N–H and O–H groups in total. The molecule has 1 aliphatic carbocycles. The number of alkyl halides is 3. The lowest BCUT2D eigenvalue weighted by Gasteiger charge is -2.39. The third kappa shape index (κ3) is 8.06. The molecule has 0 saturated carbocycles. The molecule has 0 fully saturated rings. The van der Waals surface area contributed by atoms with Crippen molar-refractivity contribution in [1.82, 2.24) is 20.9 Å². The number of ether oxygens (including phenoxy) is 1. The van der Waals surface area contributed by atoms with E-state index in [0.29, 0.717) is 29.5 Å². The van der Waals surface area contributed by atoms with Crippen molar-refractivity contribution >= 4 is 46.0 Å². The predicted molar refractivity (Wildman–Crippen MR) is 177 cm³/mol. The summed E-state index contributed by atoms with van der Waals surface area (Å²) in [6, 6.07) is 11.2. The first-order valence-electron chi connectivity index (χ1n) is 15.8. The Bertz CT molecular complexity index is 1610. The molecular formula is C34H42F3N5O4S. The van der Waals surface area contributed by atoms with E-state index >= 15 is 0 Å². The molecule has 3 aromatic rings. The summed E-state index contributed by atoms with van der Waals surface area (Å²) in [4.78, 5) is 44.2. The van der Waals surface area contributed by atoms with Gasteiger partial charge in [0.15, 0.2) is 0 Å². The smallest absolute Gasteiger partial charge is 0.418 e. The highest BCUT2D eigenvalue weighted by atomic mass is 32.1. The fraction of sp³-hybridized carbons (Fsp3) is 0.471. The van der Waals surface area contributed by atoms with Crippen molar-refractivity contribution in [2.24, 2.45) is 17.6 Å². The molecule has 9 nitrogen and oxygen atoms in total. The fourth-order valence-electron chi connectivity index (χ4n) is 5.98. The second-order valence-electron chi connectivity index (χ2n) is 12.4. The van der Waals surface area contributed by atoms with Crippen LogP contribution in [0.1, 0.15) is 69.3 Å². The highest BCUT2D eigenvalue weighted by molar-refractivity contribution is 7.80. The van der Waals surface area contributed by atoms with E-state index in [1.807, 2.05) is 39.0 Å². The molecule has 3 amide bonds. The summed E-state index contributed by atoms with van der Waals surface area (Å²) >= 11 is 5.27. The Balaban J connectivity index is 1.69. The van der Waals surface area contributed by atoms with Gasteiger partial charge in [0.05, 0.1) is 22.1 Å². The average Bonchev–Trinajstić information content (AvgIpc) is 3.41. The largest absolute Gasteiger partial charge is 0.445 e. The van der Waals surface area contributed by atoms with Crippen LogP contribution in [-0.2, 0) is 40.0 Å². The monoisotopic (exact) mass is 673 g/mol. The zero-order valence-corrected chi connectivity index (χ0v) is 27.7. The summed E-state index contributed by atoms with van der Waals surface area (Å²) in [7, 11) is 0. The highest BCUT2D eigenvalue weighted by Crippen LogP contribution is 2.40. The lowest BCUT2D eigenvalue weighted by Crippen LogP contribution is -2.67. The zero-order valence-electron chi connectivity index (χ0n) is 26.9. The van der Waals surface area contributed by atoms with Gasteiger partial charge in [0, 0.05) is 17.5 Å². The van der Waals surface area contributed by atoms with Gasteiger partial charge < -0.3 is 31.4 Å². The molecule has 254 valence electrons. The molecule has 1 aromatic heterocycles. The predicted octanol–water partition coefficient (Wildman–Crippen LogP) is 5.69. The van der Waals surface area contributed by atoms with E-state index in [1.54, 1.807) is 25.1 Å². The molecule has 0 radical (unpaired) electrons. The van der Waals surface area contributed by atoms with Crippen LogP contribution in [0.5, 0.6) is 0 Å². The van der Waals surface area contributed by atoms with E-state index in [9.17, 15) is 27.6 Å². The molecule has 1 heterocycles. The van der Waals surface area contributed by atoms with Gasteiger partial charge in [-0.25, -0.2) is 4.79 Å². The van der Waals surface area contributed by atoms with E-state index < -0.39 is 47.3 Å². The van der Waals surface area contributed by atoms with E-state index in [-0.39, 0.29) is 48.2 Å². The number of carbonyl (C=O) groups is 3. The summed E-state index contributed by atoms with van der Waals surface area (Å²) in [5.74, 6) is -1.67. The standard InChI is InChI=1S/C34H42F3N5O4S/c1-5-19(3)26(29(38)47)40-31(44)33(16-15-25-23(17-33)22-13-10-14-24(28(22)39-25)34(35,36)37)42-30(43)27(20(4)6-2)41-32(45)46-18-21-11-8-7-9-12-21/h7-14,19-20,26-27,39H,5-6,15-18H2,1-4H3,(H2,38,47)(H,40,44)(H,41,45)(H,42,43)/t19?,20?,26?,27?,33-/m1/s1. The third-order valence-corrected chi connectivity index (χ3v) is 9.45. The van der Waals surface area contributed by atoms with Gasteiger partial charge in [0.2, 0.25) is 11.8 Å². The van der Waals surface area contributed by atoms with Crippen molar-refractivity contribution in [3.63, 3.8) is 0 Å². The number of fused-ring (bicyclic) bond motifs is 3. The minimum absolute atomic E-state index is 0.00683. The lowest BCUT2D eigenvalue weighted by atomic mass is 9.78. The topological polar surface area (TPSA) is 138 Å². The fourth-order valence-corrected chi connectivity index (χ4v) is 6.27. The molecule has 4 unspecified atom stereocenters. The first-order valence-corrected chi connectivity index (χ1v) is 16.2. The molecule has 0 aliphatic heterocycles. The first kappa shape index (κ1) is 35.7. The maximum absolute atomic E-state index is 14.3.